The van der Waals surface area contributed by atoms with Gasteiger partial charge in [-0.1, -0.05) is 190 Å². The van der Waals surface area contributed by atoms with Crippen molar-refractivity contribution < 1.29 is 25.8 Å². The highest BCUT2D eigenvalue weighted by atomic mass is 31.1. The third kappa shape index (κ3) is 11.7. The fraction of sp³-hybridized carbons (Fsp3) is 0.600. The molecule has 0 aliphatic heterocycles. The summed E-state index contributed by atoms with van der Waals surface area (Å²) in [6.45, 7) is 56.9. The molecule has 0 saturated carbocycles. The van der Waals surface area contributed by atoms with Crippen LogP contribution in [0.25, 0.3) is 43.9 Å². The molecule has 68 heavy (non-hydrogen) atoms. The molecule has 8 heteroatoms. The Hall–Kier alpha value is -3.40. The van der Waals surface area contributed by atoms with Crippen molar-refractivity contribution in [3.63, 3.8) is 0 Å². The zero-order chi connectivity index (χ0) is 51.3. The van der Waals surface area contributed by atoms with Crippen molar-refractivity contribution >= 4 is 60.4 Å². The predicted octanol–water partition coefficient (Wildman–Crippen LogP) is 19.6. The summed E-state index contributed by atoms with van der Waals surface area (Å²) in [4.78, 5) is 0. The first-order chi connectivity index (χ1) is 30.7. The zero-order valence-corrected chi connectivity index (χ0v) is 48.7. The van der Waals surface area contributed by atoms with Crippen LogP contribution in [0.3, 0.4) is 0 Å². The van der Waals surface area contributed by atoms with Crippen molar-refractivity contribution in [2.75, 3.05) is 6.61 Å². The largest absolute Gasteiger partial charge is 0.399 e. The number of rotatable bonds is 6. The van der Waals surface area contributed by atoms with Crippen LogP contribution in [0.4, 0.5) is 0 Å². The fourth-order valence-corrected chi connectivity index (χ4v) is 10.9. The van der Waals surface area contributed by atoms with Gasteiger partial charge >= 0.3 is 16.5 Å². The van der Waals surface area contributed by atoms with Gasteiger partial charge < -0.3 is 16.8 Å². The van der Waals surface area contributed by atoms with E-state index in [4.69, 9.17) is 25.8 Å². The Labute approximate surface area is 413 Å². The third-order valence-corrected chi connectivity index (χ3v) is 15.5. The maximum Gasteiger partial charge on any atom is 0.387 e. The smallest absolute Gasteiger partial charge is 0.387 e. The van der Waals surface area contributed by atoms with Crippen LogP contribution in [-0.2, 0) is 43.3 Å². The summed E-state index contributed by atoms with van der Waals surface area (Å²) < 4.78 is 42.1. The minimum Gasteiger partial charge on any atom is -0.399 e. The van der Waals surface area contributed by atoms with Gasteiger partial charge in [-0.15, -0.1) is 0 Å². The van der Waals surface area contributed by atoms with Gasteiger partial charge in [0.25, 0.3) is 0 Å². The lowest BCUT2D eigenvalue weighted by atomic mass is 9.77. The predicted molar refractivity (Wildman–Crippen MR) is 294 cm³/mol. The van der Waals surface area contributed by atoms with Gasteiger partial charge in [-0.25, -0.2) is 0 Å². The average molecular weight is 967 g/mol. The number of hydrogen-bond donors (Lipinski definition) is 0. The van der Waals surface area contributed by atoms with Crippen molar-refractivity contribution in [1.29, 1.82) is 0 Å². The van der Waals surface area contributed by atoms with Crippen molar-refractivity contribution in [1.82, 2.24) is 0 Å². The van der Waals surface area contributed by atoms with Gasteiger partial charge in [0, 0.05) is 43.8 Å². The molecule has 6 aromatic rings. The SMILES string of the molecule is C[C@@H](CCOp1oc2c(C(C)(C)C)cc(C(C)(C)C)cc2c2cc(C(C)(C)C)cc(C(C)(C)C)c2o1)Op1oc2c(C(C)(C)C)cc(C(C)(C)C)cc2c2cc(C(C)(C)C)cc(C(C)(C)C)c2o1. The first-order valence-electron chi connectivity index (χ1n) is 25.0. The highest BCUT2D eigenvalue weighted by Gasteiger charge is 2.32. The lowest BCUT2D eigenvalue weighted by Gasteiger charge is -2.27. The molecule has 0 amide bonds. The van der Waals surface area contributed by atoms with Crippen LogP contribution in [0, 0.1) is 0 Å². The first kappa shape index (κ1) is 53.9. The molecule has 0 bridgehead atoms. The second-order valence-corrected chi connectivity index (χ2v) is 30.0. The minimum atomic E-state index is -1.89. The summed E-state index contributed by atoms with van der Waals surface area (Å²) in [7, 11) is -3.76. The Balaban J connectivity index is 1.53. The van der Waals surface area contributed by atoms with Crippen molar-refractivity contribution in [3.05, 3.63) is 93.0 Å². The molecule has 0 fully saturated rings. The molecule has 6 rings (SSSR count). The normalized spacial score (nSPS) is 14.4. The number of benzene rings is 4. The summed E-state index contributed by atoms with van der Waals surface area (Å²) >= 11 is 0. The van der Waals surface area contributed by atoms with Gasteiger partial charge in [0.05, 0.1) is 12.7 Å². The van der Waals surface area contributed by atoms with E-state index in [0.29, 0.717) is 13.0 Å². The maximum absolute atomic E-state index is 7.11. The fourth-order valence-electron chi connectivity index (χ4n) is 8.59. The van der Waals surface area contributed by atoms with Gasteiger partial charge in [-0.3, -0.25) is 9.05 Å². The van der Waals surface area contributed by atoms with Crippen molar-refractivity contribution in [3.8, 4) is 0 Å². The van der Waals surface area contributed by atoms with E-state index < -0.39 is 16.5 Å². The van der Waals surface area contributed by atoms with Crippen LogP contribution in [0.2, 0.25) is 0 Å². The molecule has 2 aromatic heterocycles. The number of hydrogen-bond acceptors (Lipinski definition) is 6. The Bertz CT molecular complexity index is 2740. The minimum absolute atomic E-state index is 0.0853. The van der Waals surface area contributed by atoms with Gasteiger partial charge in [0.15, 0.2) is 0 Å². The van der Waals surface area contributed by atoms with Crippen LogP contribution in [0.5, 0.6) is 0 Å². The molecule has 0 aliphatic carbocycles. The van der Waals surface area contributed by atoms with Crippen molar-refractivity contribution in [2.24, 2.45) is 0 Å². The van der Waals surface area contributed by atoms with Crippen LogP contribution in [0.15, 0.2) is 65.3 Å². The summed E-state index contributed by atoms with van der Waals surface area (Å²) in [5, 5.41) is 4.22. The molecule has 6 nitrogen and oxygen atoms in total. The molecule has 0 radical (unpaired) electrons. The Morgan fingerprint density at radius 1 is 0.353 bits per heavy atom. The summed E-state index contributed by atoms with van der Waals surface area (Å²) in [5.41, 5.74) is 11.7. The van der Waals surface area contributed by atoms with Crippen LogP contribution in [0.1, 0.15) is 224 Å². The zero-order valence-electron chi connectivity index (χ0n) is 47.0. The maximum atomic E-state index is 7.11. The second-order valence-electron chi connectivity index (χ2n) is 28.0. The Morgan fingerprint density at radius 3 is 0.809 bits per heavy atom. The van der Waals surface area contributed by atoms with Gasteiger partial charge in [-0.2, -0.15) is 0 Å². The first-order valence-corrected chi connectivity index (χ1v) is 27.2. The lowest BCUT2D eigenvalue weighted by molar-refractivity contribution is 0.232. The summed E-state index contributed by atoms with van der Waals surface area (Å²) in [5.74, 6) is 0. The van der Waals surface area contributed by atoms with E-state index in [9.17, 15) is 0 Å². The molecule has 2 heterocycles. The number of fused-ring (bicyclic) bond motifs is 6. The van der Waals surface area contributed by atoms with Crippen LogP contribution in [-0.4, -0.2) is 12.7 Å². The monoisotopic (exact) mass is 967 g/mol. The summed E-state index contributed by atoms with van der Waals surface area (Å²) in [6, 6.07) is 18.7. The van der Waals surface area contributed by atoms with E-state index in [-0.39, 0.29) is 49.4 Å². The van der Waals surface area contributed by atoms with E-state index in [1.54, 1.807) is 0 Å². The van der Waals surface area contributed by atoms with Crippen LogP contribution < -0.4 is 9.05 Å². The third-order valence-electron chi connectivity index (χ3n) is 13.3. The molecular formula is C60H88O6P2. The Kier molecular flexibility index (Phi) is 14.3. The molecule has 0 aliphatic rings. The summed E-state index contributed by atoms with van der Waals surface area (Å²) in [6.07, 6.45) is 0.274. The average Bonchev–Trinajstić information content (AvgIpc) is 3.40. The molecule has 4 aromatic carbocycles. The van der Waals surface area contributed by atoms with E-state index in [0.717, 1.165) is 66.1 Å². The van der Waals surface area contributed by atoms with E-state index >= 15 is 0 Å². The van der Waals surface area contributed by atoms with Gasteiger partial charge in [-0.05, 0) is 103 Å². The van der Waals surface area contributed by atoms with Gasteiger partial charge in [0.2, 0.25) is 0 Å². The Morgan fingerprint density at radius 2 is 0.588 bits per heavy atom. The topological polar surface area (TPSA) is 71.0 Å². The standard InChI is InChI=1S/C60H88O6P2/c1-36(62-68-65-51-43(30-39(55(8,9)10)34-47(51)59(20,21)22)44-31-40(56(11,12)13)35-48(52(44)66-68)60(23,24)25)26-27-61-67-63-49-41(28-37(53(2,3)4)32-45(49)57(14,15)16)42-29-38(54(5,6)7)33-46(50(42)64-67)58(17,18)19/h28-36H,26-27H2,1-25H3/t36-/m0/s1. The van der Waals surface area contributed by atoms with Gasteiger partial charge in [0.1, 0.15) is 22.3 Å². The van der Waals surface area contributed by atoms with E-state index in [1.165, 1.54) is 22.3 Å². The van der Waals surface area contributed by atoms with Crippen molar-refractivity contribution in [2.45, 2.75) is 229 Å². The molecule has 0 spiro atoms. The highest BCUT2D eigenvalue weighted by molar-refractivity contribution is 7.32. The highest BCUT2D eigenvalue weighted by Crippen LogP contribution is 2.48. The van der Waals surface area contributed by atoms with E-state index in [1.807, 2.05) is 0 Å². The molecule has 0 saturated heterocycles. The molecule has 374 valence electrons. The lowest BCUT2D eigenvalue weighted by Crippen LogP contribution is -2.17. The van der Waals surface area contributed by atoms with Crippen LogP contribution >= 0.6 is 16.5 Å². The molecule has 0 unspecified atom stereocenters. The quantitative estimate of drug-likeness (QED) is 0.166. The molecule has 0 N–H and O–H groups in total. The molecular weight excluding hydrogens is 879 g/mol. The molecule has 1 atom stereocenters. The second kappa shape index (κ2) is 18.0. The van der Waals surface area contributed by atoms with E-state index in [2.05, 4.69) is 222 Å².